The molecule has 1 saturated heterocycles. The summed E-state index contributed by atoms with van der Waals surface area (Å²) in [6, 6.07) is 10.9. The number of fused-ring (bicyclic) bond motifs is 1. The summed E-state index contributed by atoms with van der Waals surface area (Å²) in [6.45, 7) is 2.48. The number of ether oxygens (including phenoxy) is 2. The van der Waals surface area contributed by atoms with Gasteiger partial charge in [0.15, 0.2) is 17.9 Å². The van der Waals surface area contributed by atoms with E-state index in [0.717, 1.165) is 17.3 Å². The van der Waals surface area contributed by atoms with Crippen LogP contribution in [0.25, 0.3) is 11.0 Å². The highest BCUT2D eigenvalue weighted by molar-refractivity contribution is 8.14. The first kappa shape index (κ1) is 19.8. The number of nitrogens with zero attached hydrogens (tertiary/aromatic N) is 2. The summed E-state index contributed by atoms with van der Waals surface area (Å²) in [5, 5.41) is 3.55. The summed E-state index contributed by atoms with van der Waals surface area (Å²) in [5.41, 5.74) is 0.540. The third-order valence-electron chi connectivity index (χ3n) is 4.67. The minimum atomic E-state index is -1.19. The van der Waals surface area contributed by atoms with Crippen LogP contribution in [0.1, 0.15) is 29.6 Å². The topological polar surface area (TPSA) is 64.8 Å². The number of hydrogen-bond donors (Lipinski definition) is 0. The lowest BCUT2D eigenvalue weighted by Gasteiger charge is -2.17. The fourth-order valence-electron chi connectivity index (χ4n) is 3.08. The number of benzene rings is 2. The lowest BCUT2D eigenvalue weighted by atomic mass is 10.1. The summed E-state index contributed by atoms with van der Waals surface area (Å²) in [7, 11) is 1.51. The van der Waals surface area contributed by atoms with Crippen LogP contribution in [0.3, 0.4) is 0 Å². The molecule has 3 aromatic rings. The van der Waals surface area contributed by atoms with Gasteiger partial charge in [0.2, 0.25) is 11.4 Å². The maximum atomic E-state index is 14.5. The number of carbonyl (C=O) groups is 1. The van der Waals surface area contributed by atoms with Crippen LogP contribution in [0.15, 0.2) is 40.9 Å². The molecule has 1 amide bonds. The Morgan fingerprint density at radius 1 is 1.21 bits per heavy atom. The summed E-state index contributed by atoms with van der Waals surface area (Å²) in [5.74, 6) is -2.22. The number of amides is 1. The molecule has 1 atom stereocenters. The molecule has 1 aliphatic heterocycles. The van der Waals surface area contributed by atoms with Gasteiger partial charge in [-0.1, -0.05) is 47.3 Å². The van der Waals surface area contributed by atoms with E-state index in [1.54, 1.807) is 0 Å². The molecular weight excluding hydrogens is 402 g/mol. The summed E-state index contributed by atoms with van der Waals surface area (Å²) >= 11 is 1.09. The van der Waals surface area contributed by atoms with Crippen molar-refractivity contribution >= 4 is 33.8 Å². The molecule has 0 radical (unpaired) electrons. The first-order valence-corrected chi connectivity index (χ1v) is 9.85. The van der Waals surface area contributed by atoms with Crippen molar-refractivity contribution in [3.63, 3.8) is 0 Å². The Balaban J connectivity index is 1.63. The Morgan fingerprint density at radius 2 is 1.90 bits per heavy atom. The van der Waals surface area contributed by atoms with Gasteiger partial charge in [-0.25, -0.2) is 4.39 Å². The third-order valence-corrected chi connectivity index (χ3v) is 5.77. The minimum Gasteiger partial charge on any atom is -0.351 e. The zero-order chi connectivity index (χ0) is 20.5. The minimum absolute atomic E-state index is 0.0934. The van der Waals surface area contributed by atoms with E-state index < -0.39 is 17.9 Å². The van der Waals surface area contributed by atoms with Gasteiger partial charge < -0.3 is 14.0 Å². The van der Waals surface area contributed by atoms with Gasteiger partial charge in [-0.05, 0) is 18.6 Å². The van der Waals surface area contributed by atoms with Gasteiger partial charge in [-0.2, -0.15) is 4.39 Å². The second-order valence-corrected chi connectivity index (χ2v) is 7.84. The highest BCUT2D eigenvalue weighted by Gasteiger charge is 2.30. The molecular formula is C20H18F2N2O4S. The Labute approximate surface area is 169 Å². The van der Waals surface area contributed by atoms with Gasteiger partial charge in [0, 0.05) is 17.9 Å². The van der Waals surface area contributed by atoms with Crippen molar-refractivity contribution in [1.82, 2.24) is 5.16 Å². The monoisotopic (exact) mass is 420 g/mol. The van der Waals surface area contributed by atoms with Crippen LogP contribution >= 0.6 is 11.8 Å². The Bertz CT molecular complexity index is 1040. The van der Waals surface area contributed by atoms with Crippen molar-refractivity contribution in [2.24, 2.45) is 0 Å². The quantitative estimate of drug-likeness (QED) is 0.578. The van der Waals surface area contributed by atoms with E-state index in [4.69, 9.17) is 14.0 Å². The molecule has 0 saturated carbocycles. The highest BCUT2D eigenvalue weighted by atomic mass is 32.2. The van der Waals surface area contributed by atoms with Gasteiger partial charge >= 0.3 is 0 Å². The van der Waals surface area contributed by atoms with Crippen LogP contribution in [-0.4, -0.2) is 30.7 Å². The van der Waals surface area contributed by atoms with Gasteiger partial charge in [-0.15, -0.1) is 0 Å². The van der Waals surface area contributed by atoms with Gasteiger partial charge in [0.05, 0.1) is 18.6 Å². The maximum absolute atomic E-state index is 14.5. The number of hydrogen-bond acceptors (Lipinski definition) is 6. The van der Waals surface area contributed by atoms with Crippen LogP contribution in [0.2, 0.25) is 0 Å². The van der Waals surface area contributed by atoms with E-state index in [2.05, 4.69) is 5.16 Å². The van der Waals surface area contributed by atoms with Crippen LogP contribution < -0.4 is 4.90 Å². The number of halogens is 2. The van der Waals surface area contributed by atoms with E-state index >= 15 is 0 Å². The smallest absolute Gasteiger partial charge is 0.287 e. The largest absolute Gasteiger partial charge is 0.351 e. The van der Waals surface area contributed by atoms with Crippen molar-refractivity contribution in [3.05, 3.63) is 59.2 Å². The van der Waals surface area contributed by atoms with Crippen molar-refractivity contribution in [1.29, 1.82) is 0 Å². The molecule has 29 heavy (non-hydrogen) atoms. The molecule has 4 rings (SSSR count). The summed E-state index contributed by atoms with van der Waals surface area (Å²) in [6.07, 6.45) is -1.01. The van der Waals surface area contributed by atoms with E-state index in [-0.39, 0.29) is 46.1 Å². The van der Waals surface area contributed by atoms with Crippen LogP contribution in [-0.2, 0) is 9.47 Å². The lowest BCUT2D eigenvalue weighted by Crippen LogP contribution is -2.23. The molecule has 1 aliphatic rings. The van der Waals surface area contributed by atoms with Gasteiger partial charge in [-0.3, -0.25) is 9.69 Å². The van der Waals surface area contributed by atoms with Crippen molar-refractivity contribution in [2.75, 3.05) is 25.2 Å². The van der Waals surface area contributed by atoms with Crippen LogP contribution in [0, 0.1) is 11.6 Å². The SMILES string of the molecule is C[C@@H](SC(=O)N(C)c1noc2c(F)c(F)c(C3OCCO3)cc12)c1ccccc1. The highest BCUT2D eigenvalue weighted by Crippen LogP contribution is 2.37. The molecule has 9 heteroatoms. The normalized spacial score (nSPS) is 15.7. The molecule has 0 N–H and O–H groups in total. The van der Waals surface area contributed by atoms with Crippen LogP contribution in [0.4, 0.5) is 19.4 Å². The fraction of sp³-hybridized carbons (Fsp3) is 0.300. The Morgan fingerprint density at radius 3 is 2.59 bits per heavy atom. The Hall–Kier alpha value is -2.49. The zero-order valence-electron chi connectivity index (χ0n) is 15.7. The van der Waals surface area contributed by atoms with E-state index in [0.29, 0.717) is 0 Å². The molecule has 1 fully saturated rings. The van der Waals surface area contributed by atoms with E-state index in [9.17, 15) is 13.6 Å². The second kappa shape index (κ2) is 8.10. The fourth-order valence-corrected chi connectivity index (χ4v) is 3.92. The van der Waals surface area contributed by atoms with E-state index in [1.165, 1.54) is 18.0 Å². The standard InChI is InChI=1S/C20H18F2N2O4S/c1-11(12-6-4-3-5-7-12)29-20(25)24(2)18-14-10-13(19-26-8-9-27-19)15(21)16(22)17(14)28-23-18/h3-7,10-11,19H,8-9H2,1-2H3/t11-/m1/s1. The molecule has 2 aromatic carbocycles. The molecule has 0 spiro atoms. The molecule has 2 heterocycles. The molecule has 6 nitrogen and oxygen atoms in total. The molecule has 0 bridgehead atoms. The van der Waals surface area contributed by atoms with Gasteiger partial charge in [0.1, 0.15) is 0 Å². The average molecular weight is 420 g/mol. The maximum Gasteiger partial charge on any atom is 0.287 e. The number of thioether (sulfide) groups is 1. The summed E-state index contributed by atoms with van der Waals surface area (Å²) < 4.78 is 44.5. The number of aromatic nitrogens is 1. The molecule has 152 valence electrons. The number of rotatable bonds is 4. The summed E-state index contributed by atoms with van der Waals surface area (Å²) in [4.78, 5) is 14.0. The zero-order valence-corrected chi connectivity index (χ0v) is 16.5. The first-order valence-electron chi connectivity index (χ1n) is 8.97. The first-order chi connectivity index (χ1) is 14.0. The number of anilines is 1. The number of carbonyl (C=O) groups excluding carboxylic acids is 1. The molecule has 1 aromatic heterocycles. The van der Waals surface area contributed by atoms with Gasteiger partial charge in [0.25, 0.3) is 5.24 Å². The predicted molar refractivity (Wildman–Crippen MR) is 105 cm³/mol. The third kappa shape index (κ3) is 3.73. The van der Waals surface area contributed by atoms with Crippen molar-refractivity contribution in [3.8, 4) is 0 Å². The predicted octanol–water partition coefficient (Wildman–Crippen LogP) is 5.20. The Kier molecular flexibility index (Phi) is 5.53. The van der Waals surface area contributed by atoms with Crippen molar-refractivity contribution in [2.45, 2.75) is 18.5 Å². The lowest BCUT2D eigenvalue weighted by molar-refractivity contribution is -0.0467. The molecule has 0 unspecified atom stereocenters. The molecule has 0 aliphatic carbocycles. The average Bonchev–Trinajstić information content (AvgIpc) is 3.40. The second-order valence-electron chi connectivity index (χ2n) is 6.55. The van der Waals surface area contributed by atoms with Crippen LogP contribution in [0.5, 0.6) is 0 Å². The van der Waals surface area contributed by atoms with E-state index in [1.807, 2.05) is 37.3 Å². The van der Waals surface area contributed by atoms with Crippen molar-refractivity contribution < 1.29 is 27.6 Å².